The van der Waals surface area contributed by atoms with Gasteiger partial charge in [0, 0.05) is 40.4 Å². The number of benzene rings is 5. The maximum Gasteiger partial charge on any atom is 0.164 e. The third-order valence-electron chi connectivity index (χ3n) is 8.16. The second kappa shape index (κ2) is 9.83. The van der Waals surface area contributed by atoms with Crippen molar-refractivity contribution >= 4 is 5.69 Å². The van der Waals surface area contributed by atoms with Crippen LogP contribution in [0.4, 0.5) is 5.69 Å². The number of nitrogens with zero attached hydrogens (tertiary/aromatic N) is 3. The molecule has 0 atom stereocenters. The lowest BCUT2D eigenvalue weighted by Gasteiger charge is -2.21. The number of nitrogens with one attached hydrogen (secondary N) is 1. The predicted octanol–water partition coefficient (Wildman–Crippen LogP) is 8.89. The number of aromatic nitrogens is 3. The molecular weight excluding hydrogens is 500 g/mol. The van der Waals surface area contributed by atoms with Crippen molar-refractivity contribution in [1.29, 1.82) is 0 Å². The van der Waals surface area contributed by atoms with Gasteiger partial charge >= 0.3 is 0 Å². The number of anilines is 1. The summed E-state index contributed by atoms with van der Waals surface area (Å²) in [6, 6.07) is 42.1. The first kappa shape index (κ1) is 24.9. The molecule has 0 unspecified atom stereocenters. The summed E-state index contributed by atoms with van der Waals surface area (Å²) in [6.07, 6.45) is 0. The van der Waals surface area contributed by atoms with Crippen molar-refractivity contribution in [2.24, 2.45) is 0 Å². The normalized spacial score (nSPS) is 13.0. The van der Waals surface area contributed by atoms with E-state index in [1.807, 2.05) is 49.5 Å². The highest BCUT2D eigenvalue weighted by Crippen LogP contribution is 2.49. The highest BCUT2D eigenvalue weighted by Gasteiger charge is 2.35. The molecule has 4 heteroatoms. The molecule has 0 saturated heterocycles. The van der Waals surface area contributed by atoms with Crippen molar-refractivity contribution in [3.05, 3.63) is 132 Å². The van der Waals surface area contributed by atoms with Gasteiger partial charge in [-0.3, -0.25) is 0 Å². The Morgan fingerprint density at radius 2 is 1.02 bits per heavy atom. The van der Waals surface area contributed by atoms with Crippen molar-refractivity contribution in [3.8, 4) is 56.4 Å². The topological polar surface area (TPSA) is 50.7 Å². The molecule has 198 valence electrons. The van der Waals surface area contributed by atoms with Gasteiger partial charge in [0.25, 0.3) is 0 Å². The van der Waals surface area contributed by atoms with Crippen LogP contribution in [0, 0.1) is 0 Å². The maximum absolute atomic E-state index is 5.12. The Labute approximate surface area is 240 Å². The second-order valence-corrected chi connectivity index (χ2v) is 10.9. The van der Waals surface area contributed by atoms with Crippen LogP contribution in [0.5, 0.6) is 0 Å². The zero-order valence-electron chi connectivity index (χ0n) is 23.4. The minimum Gasteiger partial charge on any atom is -0.388 e. The molecule has 0 bridgehead atoms. The monoisotopic (exact) mass is 530 g/mol. The molecule has 0 radical (unpaired) electrons. The Kier molecular flexibility index (Phi) is 5.97. The molecule has 1 aromatic heterocycles. The zero-order chi connectivity index (χ0) is 28.0. The van der Waals surface area contributed by atoms with E-state index in [1.165, 1.54) is 22.3 Å². The van der Waals surface area contributed by atoms with Gasteiger partial charge in [-0.1, -0.05) is 123 Å². The maximum atomic E-state index is 5.12. The largest absolute Gasteiger partial charge is 0.388 e. The van der Waals surface area contributed by atoms with Crippen LogP contribution < -0.4 is 5.32 Å². The van der Waals surface area contributed by atoms with Crippen LogP contribution in [0.1, 0.15) is 25.0 Å². The lowest BCUT2D eigenvalue weighted by Crippen LogP contribution is -2.15. The number of para-hydroxylation sites is 1. The lowest BCUT2D eigenvalue weighted by atomic mass is 9.82. The van der Waals surface area contributed by atoms with Gasteiger partial charge in [0.1, 0.15) is 0 Å². The fourth-order valence-corrected chi connectivity index (χ4v) is 6.03. The predicted molar refractivity (Wildman–Crippen MR) is 169 cm³/mol. The standard InChI is InChI=1S/C37H30N4/c1-37(2)31-19-11-9-16-27(31)28-22-21-25(23-32(28)37)35-39-34(24-13-5-4-6-14-24)40-36(41-35)30-18-8-7-15-26(30)29-17-10-12-20-33(29)38-3/h4-23,38H,1-3H3. The van der Waals surface area contributed by atoms with E-state index in [-0.39, 0.29) is 5.41 Å². The Morgan fingerprint density at radius 3 is 1.78 bits per heavy atom. The fourth-order valence-electron chi connectivity index (χ4n) is 6.03. The molecule has 0 amide bonds. The molecule has 7 rings (SSSR count). The Balaban J connectivity index is 1.43. The lowest BCUT2D eigenvalue weighted by molar-refractivity contribution is 0.660. The zero-order valence-corrected chi connectivity index (χ0v) is 23.4. The summed E-state index contributed by atoms with van der Waals surface area (Å²) >= 11 is 0. The van der Waals surface area contributed by atoms with Gasteiger partial charge in [-0.15, -0.1) is 0 Å². The molecule has 0 fully saturated rings. The fraction of sp³-hybridized carbons (Fsp3) is 0.108. The number of hydrogen-bond donors (Lipinski definition) is 1. The van der Waals surface area contributed by atoms with Crippen molar-refractivity contribution in [2.45, 2.75) is 19.3 Å². The summed E-state index contributed by atoms with van der Waals surface area (Å²) in [4.78, 5) is 15.2. The van der Waals surface area contributed by atoms with Crippen LogP contribution in [0.3, 0.4) is 0 Å². The van der Waals surface area contributed by atoms with Gasteiger partial charge in [0.15, 0.2) is 17.5 Å². The SMILES string of the molecule is CNc1ccccc1-c1ccccc1-c1nc(-c2ccccc2)nc(-c2ccc3c(c2)C(C)(C)c2ccccc2-3)n1. The third-order valence-corrected chi connectivity index (χ3v) is 8.16. The summed E-state index contributed by atoms with van der Waals surface area (Å²) in [7, 11) is 1.95. The Bertz CT molecular complexity index is 1910. The smallest absolute Gasteiger partial charge is 0.164 e. The summed E-state index contributed by atoms with van der Waals surface area (Å²) < 4.78 is 0. The van der Waals surface area contributed by atoms with Crippen molar-refractivity contribution < 1.29 is 0 Å². The van der Waals surface area contributed by atoms with E-state index < -0.39 is 0 Å². The number of rotatable bonds is 5. The summed E-state index contributed by atoms with van der Waals surface area (Å²) in [5.41, 5.74) is 11.3. The van der Waals surface area contributed by atoms with Crippen molar-refractivity contribution in [3.63, 3.8) is 0 Å². The van der Waals surface area contributed by atoms with E-state index in [0.29, 0.717) is 17.5 Å². The van der Waals surface area contributed by atoms with Crippen molar-refractivity contribution in [1.82, 2.24) is 15.0 Å². The van der Waals surface area contributed by atoms with E-state index in [4.69, 9.17) is 15.0 Å². The number of fused-ring (bicyclic) bond motifs is 3. The van der Waals surface area contributed by atoms with Crippen molar-refractivity contribution in [2.75, 3.05) is 12.4 Å². The Morgan fingerprint density at radius 1 is 0.463 bits per heavy atom. The van der Waals surface area contributed by atoms with Gasteiger partial charge < -0.3 is 5.32 Å². The van der Waals surface area contributed by atoms with E-state index >= 15 is 0 Å². The first-order valence-corrected chi connectivity index (χ1v) is 14.0. The highest BCUT2D eigenvalue weighted by molar-refractivity contribution is 5.88. The molecule has 0 aliphatic heterocycles. The van der Waals surface area contributed by atoms with Gasteiger partial charge in [0.05, 0.1) is 0 Å². The quantitative estimate of drug-likeness (QED) is 0.242. The van der Waals surface area contributed by atoms with E-state index in [0.717, 1.165) is 33.5 Å². The van der Waals surface area contributed by atoms with Gasteiger partial charge in [-0.2, -0.15) is 0 Å². The van der Waals surface area contributed by atoms with Crippen LogP contribution >= 0.6 is 0 Å². The first-order chi connectivity index (χ1) is 20.0. The third kappa shape index (κ3) is 4.20. The van der Waals surface area contributed by atoms with E-state index in [2.05, 4.69) is 98.0 Å². The molecule has 0 saturated carbocycles. The summed E-state index contributed by atoms with van der Waals surface area (Å²) in [5, 5.41) is 3.33. The molecule has 1 N–H and O–H groups in total. The van der Waals surface area contributed by atoms with Crippen LogP contribution in [-0.4, -0.2) is 22.0 Å². The van der Waals surface area contributed by atoms with Gasteiger partial charge in [-0.05, 0) is 39.9 Å². The molecule has 5 aromatic carbocycles. The highest BCUT2D eigenvalue weighted by atomic mass is 15.0. The van der Waals surface area contributed by atoms with Crippen LogP contribution in [0.15, 0.2) is 121 Å². The van der Waals surface area contributed by atoms with E-state index in [1.54, 1.807) is 0 Å². The summed E-state index contributed by atoms with van der Waals surface area (Å²) in [6.45, 7) is 4.59. The molecular formula is C37H30N4. The average molecular weight is 531 g/mol. The molecule has 41 heavy (non-hydrogen) atoms. The minimum absolute atomic E-state index is 0.108. The van der Waals surface area contributed by atoms with Crippen LogP contribution in [0.25, 0.3) is 56.4 Å². The molecule has 6 aromatic rings. The average Bonchev–Trinajstić information content (AvgIpc) is 3.27. The number of hydrogen-bond acceptors (Lipinski definition) is 4. The molecule has 0 spiro atoms. The molecule has 1 aliphatic rings. The van der Waals surface area contributed by atoms with Crippen LogP contribution in [-0.2, 0) is 5.41 Å². The molecule has 1 heterocycles. The van der Waals surface area contributed by atoms with Crippen LogP contribution in [0.2, 0.25) is 0 Å². The Hall–Kier alpha value is -5.09. The summed E-state index contributed by atoms with van der Waals surface area (Å²) in [5.74, 6) is 1.98. The molecule has 1 aliphatic carbocycles. The first-order valence-electron chi connectivity index (χ1n) is 14.0. The van der Waals surface area contributed by atoms with E-state index in [9.17, 15) is 0 Å². The molecule has 4 nitrogen and oxygen atoms in total. The minimum atomic E-state index is -0.108. The van der Waals surface area contributed by atoms with Gasteiger partial charge in [0.2, 0.25) is 0 Å². The second-order valence-electron chi connectivity index (χ2n) is 10.9. The van der Waals surface area contributed by atoms with Gasteiger partial charge in [-0.25, -0.2) is 15.0 Å².